The maximum absolute atomic E-state index is 12.6. The molecule has 0 aromatic heterocycles. The lowest BCUT2D eigenvalue weighted by Crippen LogP contribution is -2.51. The summed E-state index contributed by atoms with van der Waals surface area (Å²) in [6, 6.07) is -0.105. The predicted molar refractivity (Wildman–Crippen MR) is 83.2 cm³/mol. The van der Waals surface area contributed by atoms with Crippen LogP contribution in [0.25, 0.3) is 0 Å². The molecule has 0 aromatic carbocycles. The van der Waals surface area contributed by atoms with Crippen molar-refractivity contribution in [3.63, 3.8) is 0 Å². The van der Waals surface area contributed by atoms with Crippen molar-refractivity contribution in [1.82, 2.24) is 10.2 Å². The Balaban J connectivity index is 2.71. The van der Waals surface area contributed by atoms with E-state index in [1.165, 1.54) is 0 Å². The number of hydrogen-bond acceptors (Lipinski definition) is 2. The number of carboxylic acids is 1. The fourth-order valence-electron chi connectivity index (χ4n) is 2.78. The third kappa shape index (κ3) is 5.94. The first-order valence-corrected chi connectivity index (χ1v) is 8.17. The average molecular weight is 298 g/mol. The van der Waals surface area contributed by atoms with Crippen LogP contribution in [0.5, 0.6) is 0 Å². The quantitative estimate of drug-likeness (QED) is 0.687. The van der Waals surface area contributed by atoms with Crippen LogP contribution in [0.15, 0.2) is 0 Å². The van der Waals surface area contributed by atoms with Crippen molar-refractivity contribution < 1.29 is 14.7 Å². The number of carbonyl (C=O) groups is 2. The summed E-state index contributed by atoms with van der Waals surface area (Å²) in [5.41, 5.74) is 0. The van der Waals surface area contributed by atoms with Gasteiger partial charge in [0, 0.05) is 18.6 Å². The minimum atomic E-state index is -0.842. The maximum Gasteiger partial charge on any atom is 0.317 e. The van der Waals surface area contributed by atoms with Gasteiger partial charge in [0.2, 0.25) is 0 Å². The van der Waals surface area contributed by atoms with E-state index in [9.17, 15) is 9.59 Å². The molecule has 2 N–H and O–H groups in total. The van der Waals surface area contributed by atoms with Gasteiger partial charge in [-0.1, -0.05) is 27.7 Å². The van der Waals surface area contributed by atoms with Gasteiger partial charge >= 0.3 is 12.0 Å². The number of rotatable bonds is 9. The molecule has 122 valence electrons. The molecule has 0 aliphatic heterocycles. The second kappa shape index (κ2) is 8.25. The highest BCUT2D eigenvalue weighted by molar-refractivity contribution is 5.76. The minimum Gasteiger partial charge on any atom is -0.481 e. The fraction of sp³-hybridized carbons (Fsp3) is 0.875. The molecule has 21 heavy (non-hydrogen) atoms. The number of urea groups is 1. The molecule has 1 fully saturated rings. The zero-order valence-corrected chi connectivity index (χ0v) is 13.8. The molecule has 1 saturated carbocycles. The van der Waals surface area contributed by atoms with E-state index in [2.05, 4.69) is 33.0 Å². The Bertz CT molecular complexity index is 349. The van der Waals surface area contributed by atoms with E-state index in [1.54, 1.807) is 0 Å². The van der Waals surface area contributed by atoms with Crippen molar-refractivity contribution >= 4 is 12.0 Å². The van der Waals surface area contributed by atoms with Gasteiger partial charge < -0.3 is 15.3 Å². The molecule has 0 saturated heterocycles. The first kappa shape index (κ1) is 17.8. The summed E-state index contributed by atoms with van der Waals surface area (Å²) in [6.45, 7) is 9.08. The molecular weight excluding hydrogens is 268 g/mol. The summed E-state index contributed by atoms with van der Waals surface area (Å²) >= 11 is 0. The Morgan fingerprint density at radius 3 is 2.19 bits per heavy atom. The van der Waals surface area contributed by atoms with Crippen LogP contribution in [0.2, 0.25) is 0 Å². The highest BCUT2D eigenvalue weighted by Crippen LogP contribution is 2.34. The number of aliphatic carboxylic acids is 1. The molecule has 0 bridgehead atoms. The second-order valence-corrected chi connectivity index (χ2v) is 6.51. The molecule has 1 rings (SSSR count). The van der Waals surface area contributed by atoms with Crippen LogP contribution in [0.4, 0.5) is 4.79 Å². The standard InChI is InChI=1S/C16H30N2O3/c1-5-13(6-2)18(10-11(3)4)16(21)17-14(9-15(19)20)12-7-8-12/h11-14H,5-10H2,1-4H3,(H,17,21)(H,19,20). The van der Waals surface area contributed by atoms with Gasteiger partial charge in [0.1, 0.15) is 0 Å². The molecule has 5 heteroatoms. The predicted octanol–water partition coefficient (Wildman–Crippen LogP) is 3.10. The maximum atomic E-state index is 12.6. The molecule has 1 atom stereocenters. The fourth-order valence-corrected chi connectivity index (χ4v) is 2.78. The van der Waals surface area contributed by atoms with E-state index in [4.69, 9.17) is 5.11 Å². The number of hydrogen-bond donors (Lipinski definition) is 2. The largest absolute Gasteiger partial charge is 0.481 e. The lowest BCUT2D eigenvalue weighted by molar-refractivity contribution is -0.137. The molecule has 1 aliphatic rings. The van der Waals surface area contributed by atoms with E-state index in [-0.39, 0.29) is 24.5 Å². The summed E-state index contributed by atoms with van der Waals surface area (Å²) in [4.78, 5) is 25.4. The van der Waals surface area contributed by atoms with Crippen LogP contribution < -0.4 is 5.32 Å². The summed E-state index contributed by atoms with van der Waals surface area (Å²) in [6.07, 6.45) is 3.91. The van der Waals surface area contributed by atoms with Crippen LogP contribution in [-0.2, 0) is 4.79 Å². The van der Waals surface area contributed by atoms with Gasteiger partial charge in [-0.3, -0.25) is 4.79 Å². The molecule has 1 unspecified atom stereocenters. The highest BCUT2D eigenvalue weighted by atomic mass is 16.4. The van der Waals surface area contributed by atoms with Crippen LogP contribution in [-0.4, -0.2) is 40.6 Å². The van der Waals surface area contributed by atoms with Gasteiger partial charge in [0.25, 0.3) is 0 Å². The van der Waals surface area contributed by atoms with E-state index in [0.717, 1.165) is 25.7 Å². The molecule has 0 spiro atoms. The van der Waals surface area contributed by atoms with Crippen molar-refractivity contribution in [1.29, 1.82) is 0 Å². The SMILES string of the molecule is CCC(CC)N(CC(C)C)C(=O)NC(CC(=O)O)C1CC1. The molecule has 2 amide bonds. The van der Waals surface area contributed by atoms with Crippen LogP contribution >= 0.6 is 0 Å². The Morgan fingerprint density at radius 1 is 1.24 bits per heavy atom. The third-order valence-electron chi connectivity index (χ3n) is 4.10. The van der Waals surface area contributed by atoms with Crippen molar-refractivity contribution in [2.24, 2.45) is 11.8 Å². The molecular formula is C16H30N2O3. The van der Waals surface area contributed by atoms with Gasteiger partial charge in [0.05, 0.1) is 6.42 Å². The van der Waals surface area contributed by atoms with Crippen molar-refractivity contribution in [2.75, 3.05) is 6.54 Å². The number of amides is 2. The smallest absolute Gasteiger partial charge is 0.317 e. The topological polar surface area (TPSA) is 69.6 Å². The van der Waals surface area contributed by atoms with Crippen LogP contribution in [0, 0.1) is 11.8 Å². The summed E-state index contributed by atoms with van der Waals surface area (Å²) < 4.78 is 0. The number of carboxylic acid groups (broad SMARTS) is 1. The van der Waals surface area contributed by atoms with Crippen LogP contribution in [0.3, 0.4) is 0 Å². The zero-order valence-electron chi connectivity index (χ0n) is 13.8. The Labute approximate surface area is 128 Å². The van der Waals surface area contributed by atoms with Crippen molar-refractivity contribution in [3.05, 3.63) is 0 Å². The minimum absolute atomic E-state index is 0.0227. The Hall–Kier alpha value is -1.26. The van der Waals surface area contributed by atoms with E-state index >= 15 is 0 Å². The molecule has 0 heterocycles. The summed E-state index contributed by atoms with van der Waals surface area (Å²) in [5.74, 6) is -0.104. The summed E-state index contributed by atoms with van der Waals surface area (Å²) in [7, 11) is 0. The van der Waals surface area contributed by atoms with Gasteiger partial charge in [-0.05, 0) is 37.5 Å². The number of nitrogens with zero attached hydrogens (tertiary/aromatic N) is 1. The summed E-state index contributed by atoms with van der Waals surface area (Å²) in [5, 5.41) is 12.0. The monoisotopic (exact) mass is 298 g/mol. The van der Waals surface area contributed by atoms with Gasteiger partial charge in [-0.25, -0.2) is 4.79 Å². The van der Waals surface area contributed by atoms with E-state index in [0.29, 0.717) is 18.4 Å². The highest BCUT2D eigenvalue weighted by Gasteiger charge is 2.35. The first-order valence-electron chi connectivity index (χ1n) is 8.17. The van der Waals surface area contributed by atoms with E-state index < -0.39 is 5.97 Å². The molecule has 0 aromatic rings. The first-order chi connectivity index (χ1) is 9.88. The lowest BCUT2D eigenvalue weighted by atomic mass is 10.1. The van der Waals surface area contributed by atoms with Crippen LogP contribution in [0.1, 0.15) is 59.8 Å². The van der Waals surface area contributed by atoms with Crippen molar-refractivity contribution in [3.8, 4) is 0 Å². The third-order valence-corrected chi connectivity index (χ3v) is 4.10. The Kier molecular flexibility index (Phi) is 6.99. The second-order valence-electron chi connectivity index (χ2n) is 6.51. The zero-order chi connectivity index (χ0) is 16.0. The van der Waals surface area contributed by atoms with Gasteiger partial charge in [-0.2, -0.15) is 0 Å². The number of nitrogens with one attached hydrogen (secondary N) is 1. The van der Waals surface area contributed by atoms with Gasteiger partial charge in [-0.15, -0.1) is 0 Å². The number of carbonyl (C=O) groups excluding carboxylic acids is 1. The average Bonchev–Trinajstić information content (AvgIpc) is 3.21. The molecule has 0 radical (unpaired) electrons. The Morgan fingerprint density at radius 2 is 1.81 bits per heavy atom. The molecule has 1 aliphatic carbocycles. The normalized spacial score (nSPS) is 16.1. The lowest BCUT2D eigenvalue weighted by Gasteiger charge is -2.33. The van der Waals surface area contributed by atoms with E-state index in [1.807, 2.05) is 4.90 Å². The van der Waals surface area contributed by atoms with Crippen molar-refractivity contribution in [2.45, 2.75) is 71.9 Å². The van der Waals surface area contributed by atoms with Gasteiger partial charge in [0.15, 0.2) is 0 Å². The molecule has 5 nitrogen and oxygen atoms in total.